The van der Waals surface area contributed by atoms with Crippen LogP contribution in [-0.2, 0) is 0 Å². The first-order chi connectivity index (χ1) is 18.9. The molecule has 2 fully saturated rings. The van der Waals surface area contributed by atoms with E-state index in [9.17, 15) is 9.59 Å². The number of hydrogen-bond acceptors (Lipinski definition) is 7. The summed E-state index contributed by atoms with van der Waals surface area (Å²) >= 11 is 0. The lowest BCUT2D eigenvalue weighted by Crippen LogP contribution is -2.44. The summed E-state index contributed by atoms with van der Waals surface area (Å²) in [5, 5.41) is 0. The number of pyridine rings is 2. The Morgan fingerprint density at radius 1 is 0.700 bits per heavy atom. The second-order valence-electron chi connectivity index (χ2n) is 12.4. The molecule has 2 aromatic heterocycles. The van der Waals surface area contributed by atoms with E-state index in [1.807, 2.05) is 21.9 Å². The van der Waals surface area contributed by atoms with Crippen molar-refractivity contribution in [1.29, 1.82) is 0 Å². The summed E-state index contributed by atoms with van der Waals surface area (Å²) < 4.78 is 5.02. The number of rotatable bonds is 3. The minimum atomic E-state index is 0.0522. The van der Waals surface area contributed by atoms with Crippen LogP contribution in [0.25, 0.3) is 0 Å². The molecule has 2 aliphatic heterocycles. The van der Waals surface area contributed by atoms with E-state index in [1.165, 1.54) is 0 Å². The first kappa shape index (κ1) is 31.5. The molecule has 0 bridgehead atoms. The lowest BCUT2D eigenvalue weighted by atomic mass is 10.1. The van der Waals surface area contributed by atoms with Gasteiger partial charge in [-0.25, -0.2) is 4.98 Å². The average Bonchev–Trinajstić information content (AvgIpc) is 3.35. The molecule has 40 heavy (non-hydrogen) atoms. The van der Waals surface area contributed by atoms with E-state index in [1.54, 1.807) is 37.7 Å². The molecule has 0 aliphatic carbocycles. The summed E-state index contributed by atoms with van der Waals surface area (Å²) in [6, 6.07) is 8.99. The van der Waals surface area contributed by atoms with Crippen molar-refractivity contribution < 1.29 is 14.3 Å². The van der Waals surface area contributed by atoms with Crippen LogP contribution in [0.15, 0.2) is 42.7 Å². The minimum Gasteiger partial charge on any atom is -0.481 e. The number of nitrogens with zero attached hydrogens (tertiary/aromatic N) is 6. The summed E-state index contributed by atoms with van der Waals surface area (Å²) in [5.41, 5.74) is 1.50. The van der Waals surface area contributed by atoms with Crippen LogP contribution in [0.4, 0.5) is 0 Å². The highest BCUT2D eigenvalue weighted by Crippen LogP contribution is 2.18. The van der Waals surface area contributed by atoms with E-state index in [-0.39, 0.29) is 22.9 Å². The molecule has 9 heteroatoms. The van der Waals surface area contributed by atoms with Crippen LogP contribution in [0.2, 0.25) is 0 Å². The fourth-order valence-corrected chi connectivity index (χ4v) is 5.04. The molecule has 4 rings (SSSR count). The van der Waals surface area contributed by atoms with Crippen LogP contribution in [0.3, 0.4) is 0 Å². The Morgan fingerprint density at radius 2 is 1.27 bits per heavy atom. The monoisotopic (exact) mass is 552 g/mol. The number of ether oxygens (including phenoxy) is 1. The van der Waals surface area contributed by atoms with Crippen molar-refractivity contribution >= 4 is 11.8 Å². The van der Waals surface area contributed by atoms with Gasteiger partial charge in [-0.1, -0.05) is 6.07 Å². The van der Waals surface area contributed by atoms with Gasteiger partial charge in [0.15, 0.2) is 0 Å². The zero-order valence-corrected chi connectivity index (χ0v) is 25.5. The van der Waals surface area contributed by atoms with Gasteiger partial charge in [-0.3, -0.25) is 24.4 Å². The smallest absolute Gasteiger partial charge is 0.272 e. The third-order valence-corrected chi connectivity index (χ3v) is 7.54. The van der Waals surface area contributed by atoms with Crippen molar-refractivity contribution in [2.75, 3.05) is 59.5 Å². The highest BCUT2D eigenvalue weighted by Gasteiger charge is 2.27. The van der Waals surface area contributed by atoms with Crippen LogP contribution in [0.1, 0.15) is 75.2 Å². The van der Waals surface area contributed by atoms with Gasteiger partial charge in [0.25, 0.3) is 11.8 Å². The Hall–Kier alpha value is -3.04. The summed E-state index contributed by atoms with van der Waals surface area (Å²) in [6.45, 7) is 20.4. The molecule has 0 radical (unpaired) electrons. The summed E-state index contributed by atoms with van der Waals surface area (Å²) in [5.74, 6) is 0.638. The van der Waals surface area contributed by atoms with Crippen molar-refractivity contribution in [3.05, 3.63) is 54.0 Å². The topological polar surface area (TPSA) is 82.1 Å². The van der Waals surface area contributed by atoms with E-state index in [0.717, 1.165) is 65.2 Å². The zero-order chi connectivity index (χ0) is 29.3. The average molecular weight is 553 g/mol. The van der Waals surface area contributed by atoms with Crippen molar-refractivity contribution in [2.45, 2.75) is 65.5 Å². The molecule has 2 amide bonds. The van der Waals surface area contributed by atoms with E-state index in [2.05, 4.69) is 61.3 Å². The maximum Gasteiger partial charge on any atom is 0.272 e. The van der Waals surface area contributed by atoms with Crippen LogP contribution in [0.5, 0.6) is 5.88 Å². The lowest BCUT2D eigenvalue weighted by molar-refractivity contribution is 0.0739. The van der Waals surface area contributed by atoms with Crippen molar-refractivity contribution in [2.24, 2.45) is 0 Å². The molecule has 0 unspecified atom stereocenters. The number of hydrogen-bond donors (Lipinski definition) is 0. The largest absolute Gasteiger partial charge is 0.481 e. The van der Waals surface area contributed by atoms with Gasteiger partial charge in [0.2, 0.25) is 5.88 Å². The van der Waals surface area contributed by atoms with Crippen LogP contribution in [-0.4, -0.2) is 112 Å². The molecule has 0 saturated carbocycles. The van der Waals surface area contributed by atoms with Gasteiger partial charge in [-0.2, -0.15) is 0 Å². The molecule has 9 nitrogen and oxygen atoms in total. The molecule has 2 aliphatic rings. The molecular formula is C31H48N6O3. The maximum absolute atomic E-state index is 12.5. The quantitative estimate of drug-likeness (QED) is 0.568. The second-order valence-corrected chi connectivity index (χ2v) is 12.4. The summed E-state index contributed by atoms with van der Waals surface area (Å²) in [7, 11) is 1.57. The lowest BCUT2D eigenvalue weighted by Gasteiger charge is -2.34. The molecular weight excluding hydrogens is 504 g/mol. The molecule has 220 valence electrons. The van der Waals surface area contributed by atoms with Gasteiger partial charge in [-0.15, -0.1) is 0 Å². The van der Waals surface area contributed by atoms with Crippen LogP contribution in [0, 0.1) is 0 Å². The van der Waals surface area contributed by atoms with Gasteiger partial charge >= 0.3 is 0 Å². The predicted octanol–water partition coefficient (Wildman–Crippen LogP) is 4.06. The fraction of sp³-hybridized carbons (Fsp3) is 0.613. The van der Waals surface area contributed by atoms with E-state index in [4.69, 9.17) is 4.74 Å². The number of carbonyl (C=O) groups excluding carboxylic acids is 2. The normalized spacial score (nSPS) is 17.8. The Balaban J connectivity index is 0.000000222. The standard InChI is InChI=1S/C16H25N3O2.C15H23N3O/c1-16(2,3)19-9-5-8-18(10-11-19)15(20)13-6-7-14(21-4)17-12-13;1-15(2,3)18-10-6-9-17(11-12-18)14(19)13-7-4-5-8-16-13/h6-7,12H,5,8-11H2,1-4H3;4-5,7-8H,6,9-12H2,1-3H3. The fourth-order valence-electron chi connectivity index (χ4n) is 5.04. The number of aromatic nitrogens is 2. The third-order valence-electron chi connectivity index (χ3n) is 7.54. The number of methoxy groups -OCH3 is 1. The first-order valence-corrected chi connectivity index (χ1v) is 14.4. The maximum atomic E-state index is 12.5. The SMILES string of the molecule is CC(C)(C)N1CCCN(C(=O)c2ccccn2)CC1.COc1ccc(C(=O)N2CCCN(C(C)(C)C)CC2)cn1. The highest BCUT2D eigenvalue weighted by atomic mass is 16.5. The molecule has 0 aromatic carbocycles. The Kier molecular flexibility index (Phi) is 11.0. The highest BCUT2D eigenvalue weighted by molar-refractivity contribution is 5.94. The summed E-state index contributed by atoms with van der Waals surface area (Å²) in [4.78, 5) is 41.9. The third kappa shape index (κ3) is 8.99. The zero-order valence-electron chi connectivity index (χ0n) is 25.5. The second kappa shape index (κ2) is 14.0. The van der Waals surface area contributed by atoms with Crippen LogP contribution >= 0.6 is 0 Å². The Morgan fingerprint density at radius 3 is 1.73 bits per heavy atom. The predicted molar refractivity (Wildman–Crippen MR) is 159 cm³/mol. The van der Waals surface area contributed by atoms with Gasteiger partial charge in [0.1, 0.15) is 5.69 Å². The molecule has 0 spiro atoms. The number of carbonyl (C=O) groups is 2. The van der Waals surface area contributed by atoms with Gasteiger partial charge < -0.3 is 14.5 Å². The molecule has 2 aromatic rings. The van der Waals surface area contributed by atoms with Gasteiger partial charge in [0.05, 0.1) is 12.7 Å². The van der Waals surface area contributed by atoms with E-state index < -0.39 is 0 Å². The molecule has 2 saturated heterocycles. The molecule has 0 atom stereocenters. The minimum absolute atomic E-state index is 0.0522. The van der Waals surface area contributed by atoms with Gasteiger partial charge in [0, 0.05) is 81.9 Å². The first-order valence-electron chi connectivity index (χ1n) is 14.4. The van der Waals surface area contributed by atoms with E-state index >= 15 is 0 Å². The van der Waals surface area contributed by atoms with E-state index in [0.29, 0.717) is 17.1 Å². The van der Waals surface area contributed by atoms with Crippen LogP contribution < -0.4 is 4.74 Å². The Labute approximate surface area is 240 Å². The van der Waals surface area contributed by atoms with Crippen molar-refractivity contribution in [1.82, 2.24) is 29.6 Å². The Bertz CT molecular complexity index is 1080. The molecule has 0 N–H and O–H groups in total. The van der Waals surface area contributed by atoms with Crippen molar-refractivity contribution in [3.63, 3.8) is 0 Å². The number of amides is 2. The van der Waals surface area contributed by atoms with Gasteiger partial charge in [-0.05, 0) is 72.6 Å². The molecule has 4 heterocycles. The summed E-state index contributed by atoms with van der Waals surface area (Å²) in [6.07, 6.45) is 5.29. The van der Waals surface area contributed by atoms with Crippen molar-refractivity contribution in [3.8, 4) is 5.88 Å².